The monoisotopic (exact) mass is 506 g/mol. The third-order valence-corrected chi connectivity index (χ3v) is 5.32. The molecular weight excluding hydrogens is 487 g/mol. The fourth-order valence-corrected chi connectivity index (χ4v) is 3.43. The fraction of sp³-hybridized carbons (Fsp3) is 0.167. The van der Waals surface area contributed by atoms with E-state index in [4.69, 9.17) is 49.0 Å². The van der Waals surface area contributed by atoms with Crippen LogP contribution in [0, 0.1) is 0 Å². The first-order valence-electron chi connectivity index (χ1n) is 9.86. The van der Waals surface area contributed by atoms with Crippen LogP contribution in [0.15, 0.2) is 65.8 Å². The number of halogens is 3. The van der Waals surface area contributed by atoms with Gasteiger partial charge in [-0.3, -0.25) is 4.79 Å². The summed E-state index contributed by atoms with van der Waals surface area (Å²) in [6, 6.07) is 17.4. The van der Waals surface area contributed by atoms with Gasteiger partial charge in [-0.2, -0.15) is 5.10 Å². The van der Waals surface area contributed by atoms with Crippen molar-refractivity contribution in [3.05, 3.63) is 86.9 Å². The summed E-state index contributed by atoms with van der Waals surface area (Å²) in [6.45, 7) is 1.83. The van der Waals surface area contributed by atoms with E-state index in [1.54, 1.807) is 50.4 Å². The molecule has 0 spiro atoms. The molecule has 0 aliphatic carbocycles. The first-order chi connectivity index (χ1) is 15.9. The maximum absolute atomic E-state index is 12.3. The Bertz CT molecular complexity index is 1150. The molecule has 1 N–H and O–H groups in total. The van der Waals surface area contributed by atoms with Gasteiger partial charge in [-0.05, 0) is 61.0 Å². The second-order valence-corrected chi connectivity index (χ2v) is 8.11. The number of carbonyl (C=O) groups is 1. The Balaban J connectivity index is 1.61. The molecular formula is C24H21Cl3N2O4. The highest BCUT2D eigenvalue weighted by atomic mass is 35.5. The lowest BCUT2D eigenvalue weighted by molar-refractivity contribution is -0.127. The Kier molecular flexibility index (Phi) is 8.83. The van der Waals surface area contributed by atoms with E-state index >= 15 is 0 Å². The quantitative estimate of drug-likeness (QED) is 0.278. The highest BCUT2D eigenvalue weighted by Crippen LogP contribution is 2.28. The largest absolute Gasteiger partial charge is 0.496 e. The summed E-state index contributed by atoms with van der Waals surface area (Å²) < 4.78 is 16.8. The number of carbonyl (C=O) groups excluding carboxylic acids is 1. The van der Waals surface area contributed by atoms with Gasteiger partial charge in [0.2, 0.25) is 0 Å². The second-order valence-electron chi connectivity index (χ2n) is 6.86. The lowest BCUT2D eigenvalue weighted by atomic mass is 10.1. The van der Waals surface area contributed by atoms with Gasteiger partial charge in [-0.1, -0.05) is 46.9 Å². The molecule has 0 bridgehead atoms. The van der Waals surface area contributed by atoms with Crippen LogP contribution in [-0.2, 0) is 11.4 Å². The number of para-hydroxylation sites is 1. The van der Waals surface area contributed by atoms with Crippen LogP contribution in [0.4, 0.5) is 0 Å². The van der Waals surface area contributed by atoms with Gasteiger partial charge in [0.25, 0.3) is 5.91 Å². The van der Waals surface area contributed by atoms with Gasteiger partial charge in [-0.25, -0.2) is 5.43 Å². The van der Waals surface area contributed by atoms with Gasteiger partial charge >= 0.3 is 0 Å². The Labute approximate surface area is 207 Å². The van der Waals surface area contributed by atoms with Crippen molar-refractivity contribution in [2.24, 2.45) is 5.10 Å². The van der Waals surface area contributed by atoms with Gasteiger partial charge in [0.05, 0.1) is 23.4 Å². The van der Waals surface area contributed by atoms with Crippen molar-refractivity contribution < 1.29 is 19.0 Å². The van der Waals surface area contributed by atoms with E-state index in [1.165, 1.54) is 12.3 Å². The highest BCUT2D eigenvalue weighted by Gasteiger charge is 2.16. The van der Waals surface area contributed by atoms with Gasteiger partial charge in [0, 0.05) is 10.6 Å². The Morgan fingerprint density at radius 3 is 2.48 bits per heavy atom. The van der Waals surface area contributed by atoms with Crippen molar-refractivity contribution in [1.29, 1.82) is 0 Å². The van der Waals surface area contributed by atoms with Crippen molar-refractivity contribution in [3.8, 4) is 17.2 Å². The number of benzene rings is 3. The van der Waals surface area contributed by atoms with Crippen LogP contribution in [0.2, 0.25) is 15.1 Å². The predicted octanol–water partition coefficient (Wildman–Crippen LogP) is 6.15. The summed E-state index contributed by atoms with van der Waals surface area (Å²) in [5, 5.41) is 5.32. The number of nitrogens with one attached hydrogen (secondary N) is 1. The van der Waals surface area contributed by atoms with E-state index in [0.717, 1.165) is 11.1 Å². The lowest BCUT2D eigenvalue weighted by Crippen LogP contribution is -2.33. The molecule has 9 heteroatoms. The lowest BCUT2D eigenvalue weighted by Gasteiger charge is -2.14. The van der Waals surface area contributed by atoms with Crippen molar-refractivity contribution in [2.75, 3.05) is 7.11 Å². The molecule has 3 aromatic rings. The van der Waals surface area contributed by atoms with Crippen LogP contribution in [0.5, 0.6) is 17.2 Å². The summed E-state index contributed by atoms with van der Waals surface area (Å²) >= 11 is 18.1. The summed E-state index contributed by atoms with van der Waals surface area (Å²) in [7, 11) is 1.58. The number of amides is 1. The van der Waals surface area contributed by atoms with Crippen LogP contribution in [0.1, 0.15) is 18.1 Å². The molecule has 1 amide bonds. The van der Waals surface area contributed by atoms with E-state index in [-0.39, 0.29) is 6.61 Å². The summed E-state index contributed by atoms with van der Waals surface area (Å²) in [5.41, 5.74) is 3.98. The molecule has 33 heavy (non-hydrogen) atoms. The van der Waals surface area contributed by atoms with Gasteiger partial charge in [0.1, 0.15) is 23.9 Å². The normalized spacial score (nSPS) is 11.8. The van der Waals surface area contributed by atoms with Crippen LogP contribution in [-0.4, -0.2) is 25.3 Å². The SMILES string of the molecule is COc1ccc(C=NNC(=O)C(C)Oc2ccc(Cl)cc2Cl)cc1COc1ccccc1Cl. The predicted molar refractivity (Wildman–Crippen MR) is 131 cm³/mol. The molecule has 0 saturated heterocycles. The number of ether oxygens (including phenoxy) is 3. The van der Waals surface area contributed by atoms with Gasteiger partial charge in [-0.15, -0.1) is 0 Å². The molecule has 172 valence electrons. The maximum Gasteiger partial charge on any atom is 0.280 e. The number of rotatable bonds is 9. The molecule has 0 heterocycles. The standard InChI is InChI=1S/C24H21Cl3N2O4/c1-15(33-23-10-8-18(25)12-20(23)27)24(30)29-28-13-16-7-9-21(31-2)17(11-16)14-32-22-6-4-3-5-19(22)26/h3-13,15H,14H2,1-2H3,(H,29,30). The molecule has 0 radical (unpaired) electrons. The van der Waals surface area contributed by atoms with Crippen LogP contribution in [0.25, 0.3) is 0 Å². The van der Waals surface area contributed by atoms with E-state index in [9.17, 15) is 4.79 Å². The number of nitrogens with zero attached hydrogens (tertiary/aromatic N) is 1. The molecule has 0 fully saturated rings. The Morgan fingerprint density at radius 2 is 1.76 bits per heavy atom. The number of methoxy groups -OCH3 is 1. The van der Waals surface area contributed by atoms with E-state index < -0.39 is 12.0 Å². The first-order valence-corrected chi connectivity index (χ1v) is 11.0. The van der Waals surface area contributed by atoms with Gasteiger partial charge in [0.15, 0.2) is 6.10 Å². The van der Waals surface area contributed by atoms with Crippen molar-refractivity contribution in [3.63, 3.8) is 0 Å². The maximum atomic E-state index is 12.3. The van der Waals surface area contributed by atoms with Crippen LogP contribution >= 0.6 is 34.8 Å². The molecule has 1 unspecified atom stereocenters. The highest BCUT2D eigenvalue weighted by molar-refractivity contribution is 6.35. The molecule has 0 aliphatic rings. The number of hydrogen-bond acceptors (Lipinski definition) is 5. The molecule has 3 aromatic carbocycles. The number of hydrazone groups is 1. The minimum atomic E-state index is -0.823. The van der Waals surface area contributed by atoms with Gasteiger partial charge < -0.3 is 14.2 Å². The van der Waals surface area contributed by atoms with E-state index in [0.29, 0.717) is 32.3 Å². The zero-order valence-electron chi connectivity index (χ0n) is 17.8. The Morgan fingerprint density at radius 1 is 1.00 bits per heavy atom. The van der Waals surface area contributed by atoms with E-state index in [2.05, 4.69) is 10.5 Å². The zero-order chi connectivity index (χ0) is 23.8. The van der Waals surface area contributed by atoms with E-state index in [1.807, 2.05) is 18.2 Å². The van der Waals surface area contributed by atoms with Crippen LogP contribution < -0.4 is 19.6 Å². The minimum absolute atomic E-state index is 0.244. The van der Waals surface area contributed by atoms with Crippen molar-refractivity contribution >= 4 is 46.9 Å². The molecule has 3 rings (SSSR count). The summed E-state index contributed by atoms with van der Waals surface area (Å²) in [4.78, 5) is 12.3. The van der Waals surface area contributed by atoms with Crippen LogP contribution in [0.3, 0.4) is 0 Å². The molecule has 0 saturated carbocycles. The smallest absolute Gasteiger partial charge is 0.280 e. The topological polar surface area (TPSA) is 69.2 Å². The minimum Gasteiger partial charge on any atom is -0.496 e. The summed E-state index contributed by atoms with van der Waals surface area (Å²) in [6.07, 6.45) is 0.689. The zero-order valence-corrected chi connectivity index (χ0v) is 20.1. The molecule has 0 aliphatic heterocycles. The van der Waals surface area contributed by atoms with Crippen molar-refractivity contribution in [1.82, 2.24) is 5.43 Å². The third-order valence-electron chi connectivity index (χ3n) is 4.48. The molecule has 1 atom stereocenters. The molecule has 6 nitrogen and oxygen atoms in total. The fourth-order valence-electron chi connectivity index (χ4n) is 2.78. The average molecular weight is 508 g/mol. The first kappa shape index (κ1) is 24.7. The molecule has 0 aromatic heterocycles. The summed E-state index contributed by atoms with van der Waals surface area (Å²) in [5.74, 6) is 1.14. The van der Waals surface area contributed by atoms with Crippen molar-refractivity contribution in [2.45, 2.75) is 19.6 Å². The number of hydrogen-bond donors (Lipinski definition) is 1. The second kappa shape index (κ2) is 11.8. The Hall–Kier alpha value is -2.93. The third kappa shape index (κ3) is 7.02. The average Bonchev–Trinajstić information content (AvgIpc) is 2.80.